The zero-order chi connectivity index (χ0) is 17.1. The molecule has 0 spiro atoms. The number of benzene rings is 4. The third kappa shape index (κ3) is 2.75. The van der Waals surface area contributed by atoms with Gasteiger partial charge in [0.05, 0.1) is 12.1 Å². The predicted octanol–water partition coefficient (Wildman–Crippen LogP) is 5.41. The molecule has 3 N–H and O–H groups in total. The Morgan fingerprint density at radius 2 is 1.32 bits per heavy atom. The van der Waals surface area contributed by atoms with Gasteiger partial charge in [0, 0.05) is 0 Å². The molecule has 0 aliphatic rings. The lowest BCUT2D eigenvalue weighted by molar-refractivity contribution is 0.0405. The van der Waals surface area contributed by atoms with E-state index >= 15 is 0 Å². The van der Waals surface area contributed by atoms with Gasteiger partial charge in [-0.2, -0.15) is 0 Å². The van der Waals surface area contributed by atoms with Crippen molar-refractivity contribution in [1.29, 1.82) is 0 Å². The normalized spacial score (nSPS) is 14.8. The first kappa shape index (κ1) is 17.9. The van der Waals surface area contributed by atoms with Gasteiger partial charge in [-0.25, -0.2) is 0 Å². The van der Waals surface area contributed by atoms with Crippen molar-refractivity contribution in [3.63, 3.8) is 0 Å². The van der Waals surface area contributed by atoms with Crippen molar-refractivity contribution in [3.05, 3.63) is 60.2 Å². The van der Waals surface area contributed by atoms with Crippen molar-refractivity contribution in [2.24, 2.45) is 11.1 Å². The lowest BCUT2D eigenvalue weighted by Crippen LogP contribution is -2.37. The molecule has 0 radical (unpaired) electrons. The van der Waals surface area contributed by atoms with E-state index in [1.54, 1.807) is 0 Å². The summed E-state index contributed by atoms with van der Waals surface area (Å²) in [6, 6.07) is 18.8. The molecule has 0 aliphatic heterocycles. The van der Waals surface area contributed by atoms with E-state index in [1.807, 2.05) is 20.8 Å². The van der Waals surface area contributed by atoms with Crippen molar-refractivity contribution in [2.45, 2.75) is 32.9 Å². The fourth-order valence-electron chi connectivity index (χ4n) is 3.76. The fraction of sp³-hybridized carbons (Fsp3) is 0.273. The smallest absolute Gasteiger partial charge is 0.0781 e. The summed E-state index contributed by atoms with van der Waals surface area (Å²) in [4.78, 5) is 0. The van der Waals surface area contributed by atoms with Crippen molar-refractivity contribution < 1.29 is 5.11 Å². The van der Waals surface area contributed by atoms with E-state index in [0.717, 1.165) is 10.9 Å². The van der Waals surface area contributed by atoms with E-state index in [0.29, 0.717) is 0 Å². The van der Waals surface area contributed by atoms with Gasteiger partial charge in [-0.15, -0.1) is 12.4 Å². The van der Waals surface area contributed by atoms with E-state index in [2.05, 4.69) is 54.6 Å². The van der Waals surface area contributed by atoms with Crippen LogP contribution in [0.1, 0.15) is 32.4 Å². The highest BCUT2D eigenvalue weighted by Gasteiger charge is 2.30. The van der Waals surface area contributed by atoms with Crippen LogP contribution < -0.4 is 5.73 Å². The first-order valence-electron chi connectivity index (χ1n) is 8.48. The molecule has 0 aromatic heterocycles. The van der Waals surface area contributed by atoms with Gasteiger partial charge in [0.2, 0.25) is 0 Å². The molecular formula is C22H24ClNO. The van der Waals surface area contributed by atoms with Crippen LogP contribution in [0, 0.1) is 5.41 Å². The molecule has 4 aromatic carbocycles. The van der Waals surface area contributed by atoms with Crippen molar-refractivity contribution >= 4 is 44.7 Å². The second-order valence-electron chi connectivity index (χ2n) is 7.85. The van der Waals surface area contributed by atoms with Crippen LogP contribution in [-0.2, 0) is 0 Å². The van der Waals surface area contributed by atoms with Crippen molar-refractivity contribution in [1.82, 2.24) is 0 Å². The Hall–Kier alpha value is -1.87. The van der Waals surface area contributed by atoms with Gasteiger partial charge in [0.15, 0.2) is 0 Å². The molecule has 0 aliphatic carbocycles. The third-order valence-electron chi connectivity index (χ3n) is 5.15. The molecule has 25 heavy (non-hydrogen) atoms. The topological polar surface area (TPSA) is 46.2 Å². The van der Waals surface area contributed by atoms with E-state index in [9.17, 15) is 5.11 Å². The van der Waals surface area contributed by atoms with Gasteiger partial charge in [0.1, 0.15) is 0 Å². The van der Waals surface area contributed by atoms with Crippen LogP contribution in [-0.4, -0.2) is 11.2 Å². The average molecular weight is 354 g/mol. The van der Waals surface area contributed by atoms with Crippen LogP contribution in [0.3, 0.4) is 0 Å². The number of hydrogen-bond donors (Lipinski definition) is 2. The highest BCUT2D eigenvalue weighted by atomic mass is 35.5. The molecule has 0 heterocycles. The Morgan fingerprint density at radius 1 is 0.800 bits per heavy atom. The maximum absolute atomic E-state index is 10.7. The predicted molar refractivity (Wildman–Crippen MR) is 110 cm³/mol. The molecule has 2 nitrogen and oxygen atoms in total. The van der Waals surface area contributed by atoms with Crippen LogP contribution in [0.2, 0.25) is 0 Å². The first-order valence-corrected chi connectivity index (χ1v) is 8.48. The van der Waals surface area contributed by atoms with E-state index < -0.39 is 12.1 Å². The minimum atomic E-state index is -0.601. The van der Waals surface area contributed by atoms with Gasteiger partial charge in [-0.3, -0.25) is 0 Å². The summed E-state index contributed by atoms with van der Waals surface area (Å²) in [6.45, 7) is 6.06. The van der Waals surface area contributed by atoms with Crippen LogP contribution in [0.4, 0.5) is 0 Å². The van der Waals surface area contributed by atoms with E-state index in [1.165, 1.54) is 26.9 Å². The second-order valence-corrected chi connectivity index (χ2v) is 7.85. The number of rotatable bonds is 2. The first-order chi connectivity index (χ1) is 11.4. The number of aliphatic hydroxyl groups is 1. The number of nitrogens with two attached hydrogens (primary N) is 1. The highest BCUT2D eigenvalue weighted by molar-refractivity contribution is 6.23. The lowest BCUT2D eigenvalue weighted by Gasteiger charge is -2.31. The molecule has 4 rings (SSSR count). The molecule has 0 bridgehead atoms. The van der Waals surface area contributed by atoms with Gasteiger partial charge in [0.25, 0.3) is 0 Å². The van der Waals surface area contributed by atoms with Crippen molar-refractivity contribution in [3.8, 4) is 0 Å². The second kappa shape index (κ2) is 6.14. The van der Waals surface area contributed by atoms with Gasteiger partial charge >= 0.3 is 0 Å². The highest BCUT2D eigenvalue weighted by Crippen LogP contribution is 2.39. The SMILES string of the molecule is CC(C)(C)[C@@H](O)[C@@H](N)c1ccc2ccc3cccc4ccc1c2c34.Cl. The Balaban J connectivity index is 0.00000182. The maximum Gasteiger partial charge on any atom is 0.0781 e. The quantitative estimate of drug-likeness (QED) is 0.473. The monoisotopic (exact) mass is 353 g/mol. The molecule has 0 saturated heterocycles. The van der Waals surface area contributed by atoms with Crippen LogP contribution in [0.15, 0.2) is 54.6 Å². The molecule has 0 amide bonds. The Morgan fingerprint density at radius 3 is 1.92 bits per heavy atom. The molecule has 3 heteroatoms. The largest absolute Gasteiger partial charge is 0.391 e. The summed E-state index contributed by atoms with van der Waals surface area (Å²) >= 11 is 0. The minimum Gasteiger partial charge on any atom is -0.391 e. The number of aliphatic hydroxyl groups excluding tert-OH is 1. The maximum atomic E-state index is 10.7. The molecule has 0 fully saturated rings. The summed E-state index contributed by atoms with van der Waals surface area (Å²) in [5.74, 6) is 0. The van der Waals surface area contributed by atoms with Gasteiger partial charge in [-0.1, -0.05) is 75.4 Å². The van der Waals surface area contributed by atoms with Gasteiger partial charge in [-0.05, 0) is 43.3 Å². The summed E-state index contributed by atoms with van der Waals surface area (Å²) in [6.07, 6.45) is -0.601. The van der Waals surface area contributed by atoms with E-state index in [4.69, 9.17) is 5.73 Å². The number of halogens is 1. The molecular weight excluding hydrogens is 330 g/mol. The van der Waals surface area contributed by atoms with Gasteiger partial charge < -0.3 is 10.8 Å². The third-order valence-corrected chi connectivity index (χ3v) is 5.15. The van der Waals surface area contributed by atoms with Crippen LogP contribution >= 0.6 is 12.4 Å². The Kier molecular flexibility index (Phi) is 4.40. The van der Waals surface area contributed by atoms with E-state index in [-0.39, 0.29) is 17.8 Å². The molecule has 0 saturated carbocycles. The minimum absolute atomic E-state index is 0. The summed E-state index contributed by atoms with van der Waals surface area (Å²) < 4.78 is 0. The zero-order valence-electron chi connectivity index (χ0n) is 14.8. The van der Waals surface area contributed by atoms with Crippen LogP contribution in [0.5, 0.6) is 0 Å². The molecule has 130 valence electrons. The Bertz CT molecular complexity index is 1020. The number of hydrogen-bond acceptors (Lipinski definition) is 2. The Labute approximate surface area is 154 Å². The average Bonchev–Trinajstić information content (AvgIpc) is 2.57. The fourth-order valence-corrected chi connectivity index (χ4v) is 3.76. The standard InChI is InChI=1S/C22H23NO.ClH/c1-22(2,3)21(24)20(23)17-12-10-15-8-7-13-5-4-6-14-9-11-16(17)19(15)18(13)14;/h4-12,20-21,24H,23H2,1-3H3;1H/t20-,21-;/m0./s1. The summed E-state index contributed by atoms with van der Waals surface area (Å²) in [7, 11) is 0. The molecule has 0 unspecified atom stereocenters. The lowest BCUT2D eigenvalue weighted by atomic mass is 9.80. The molecule has 4 aromatic rings. The summed E-state index contributed by atoms with van der Waals surface area (Å²) in [5.41, 5.74) is 7.23. The molecule has 2 atom stereocenters. The summed E-state index contributed by atoms with van der Waals surface area (Å²) in [5, 5.41) is 18.1. The van der Waals surface area contributed by atoms with Crippen molar-refractivity contribution in [2.75, 3.05) is 0 Å². The van der Waals surface area contributed by atoms with Crippen LogP contribution in [0.25, 0.3) is 32.3 Å². The zero-order valence-corrected chi connectivity index (χ0v) is 15.6.